The van der Waals surface area contributed by atoms with E-state index in [0.717, 1.165) is 31.2 Å². The molecule has 29 heavy (non-hydrogen) atoms. The van der Waals surface area contributed by atoms with E-state index in [-0.39, 0.29) is 23.7 Å². The lowest BCUT2D eigenvalue weighted by atomic mass is 10.0. The van der Waals surface area contributed by atoms with Gasteiger partial charge in [0.1, 0.15) is 5.82 Å². The first-order chi connectivity index (χ1) is 14.1. The highest BCUT2D eigenvalue weighted by molar-refractivity contribution is 6.30. The molecule has 4 nitrogen and oxygen atoms in total. The Kier molecular flexibility index (Phi) is 6.14. The van der Waals surface area contributed by atoms with Crippen molar-refractivity contribution in [2.75, 3.05) is 6.54 Å². The van der Waals surface area contributed by atoms with Gasteiger partial charge in [0, 0.05) is 29.5 Å². The molecule has 152 valence electrons. The normalized spacial score (nSPS) is 19.1. The molecule has 0 saturated heterocycles. The largest absolute Gasteiger partial charge is 0.390 e. The third kappa shape index (κ3) is 4.78. The van der Waals surface area contributed by atoms with Crippen LogP contribution in [0.5, 0.6) is 0 Å². The summed E-state index contributed by atoms with van der Waals surface area (Å²) in [4.78, 5) is 20.6. The van der Waals surface area contributed by atoms with Gasteiger partial charge in [0.15, 0.2) is 6.10 Å². The average molecular weight is 415 g/mol. The number of amides is 1. The summed E-state index contributed by atoms with van der Waals surface area (Å²) in [5.74, 6) is -0.0822. The smallest absolute Gasteiger partial charge is 0.226 e. The lowest BCUT2D eigenvalue weighted by Gasteiger charge is -2.27. The van der Waals surface area contributed by atoms with E-state index in [1.165, 1.54) is 6.07 Å². The fourth-order valence-corrected chi connectivity index (χ4v) is 4.36. The second-order valence-electron chi connectivity index (χ2n) is 7.78. The van der Waals surface area contributed by atoms with Crippen molar-refractivity contribution in [3.05, 3.63) is 70.5 Å². The monoisotopic (exact) mass is 414 g/mol. The Hall–Kier alpha value is -2.40. The van der Waals surface area contributed by atoms with Crippen LogP contribution in [0.4, 0.5) is 4.39 Å². The zero-order chi connectivity index (χ0) is 20.2. The van der Waals surface area contributed by atoms with E-state index < -0.39 is 0 Å². The van der Waals surface area contributed by atoms with E-state index in [2.05, 4.69) is 5.16 Å². The fraction of sp³-hybridized carbons (Fsp3) is 0.391. The summed E-state index contributed by atoms with van der Waals surface area (Å²) in [5, 5.41) is 4.75. The minimum atomic E-state index is -0.312. The van der Waals surface area contributed by atoms with Gasteiger partial charge >= 0.3 is 0 Å². The van der Waals surface area contributed by atoms with Crippen LogP contribution in [-0.4, -0.2) is 29.2 Å². The molecule has 2 aromatic rings. The number of hydrogen-bond donors (Lipinski definition) is 0. The van der Waals surface area contributed by atoms with Crippen LogP contribution in [-0.2, 0) is 16.2 Å². The molecule has 6 heteroatoms. The maximum Gasteiger partial charge on any atom is 0.226 e. The van der Waals surface area contributed by atoms with Crippen molar-refractivity contribution in [1.29, 1.82) is 0 Å². The number of halogens is 2. The summed E-state index contributed by atoms with van der Waals surface area (Å²) < 4.78 is 14.1. The Morgan fingerprint density at radius 3 is 2.72 bits per heavy atom. The molecule has 0 N–H and O–H groups in total. The molecule has 1 aliphatic heterocycles. The quantitative estimate of drug-likeness (QED) is 0.652. The van der Waals surface area contributed by atoms with Crippen molar-refractivity contribution in [3.8, 4) is 0 Å². The van der Waals surface area contributed by atoms with Crippen LogP contribution in [0.1, 0.15) is 43.2 Å². The molecule has 0 radical (unpaired) electrons. The van der Waals surface area contributed by atoms with Gasteiger partial charge in [-0.1, -0.05) is 59.9 Å². The van der Waals surface area contributed by atoms with Gasteiger partial charge in [-0.2, -0.15) is 0 Å². The minimum Gasteiger partial charge on any atom is -0.390 e. The Morgan fingerprint density at radius 2 is 1.97 bits per heavy atom. The number of hydrogen-bond acceptors (Lipinski definition) is 3. The number of nitrogens with zero attached hydrogens (tertiary/aromatic N) is 2. The van der Waals surface area contributed by atoms with Crippen molar-refractivity contribution in [3.63, 3.8) is 0 Å². The van der Waals surface area contributed by atoms with Crippen LogP contribution in [0.2, 0.25) is 5.02 Å². The van der Waals surface area contributed by atoms with Crippen molar-refractivity contribution < 1.29 is 14.0 Å². The van der Waals surface area contributed by atoms with Gasteiger partial charge in [-0.05, 0) is 36.6 Å². The summed E-state index contributed by atoms with van der Waals surface area (Å²) in [5.41, 5.74) is 2.03. The van der Waals surface area contributed by atoms with E-state index in [0.29, 0.717) is 35.8 Å². The zero-order valence-electron chi connectivity index (χ0n) is 16.2. The predicted molar refractivity (Wildman–Crippen MR) is 111 cm³/mol. The highest BCUT2D eigenvalue weighted by atomic mass is 35.5. The molecule has 4 rings (SSSR count). The number of oxime groups is 1. The SMILES string of the molecule is O=C(C1CCCC1)N(Cc1cccc(Cl)c1)C[C@H]1CC(c2ccccc2F)=NO1. The van der Waals surface area contributed by atoms with E-state index in [9.17, 15) is 9.18 Å². The number of benzene rings is 2. The Labute approximate surface area is 175 Å². The number of carbonyl (C=O) groups is 1. The van der Waals surface area contributed by atoms with Crippen molar-refractivity contribution >= 4 is 23.2 Å². The minimum absolute atomic E-state index is 0.0718. The van der Waals surface area contributed by atoms with Gasteiger partial charge in [-0.3, -0.25) is 4.79 Å². The van der Waals surface area contributed by atoms with Crippen molar-refractivity contribution in [1.82, 2.24) is 4.90 Å². The Bertz CT molecular complexity index is 911. The standard InChI is InChI=1S/C23H24ClFN2O2/c24-18-9-5-6-16(12-18)14-27(23(28)17-7-1-2-8-17)15-19-13-22(26-29-19)20-10-3-4-11-21(20)25/h3-6,9-12,17,19H,1-2,7-8,13-15H2/t19-/m1/s1. The Balaban J connectivity index is 1.47. The fourth-order valence-electron chi connectivity index (χ4n) is 4.15. The zero-order valence-corrected chi connectivity index (χ0v) is 16.9. The molecule has 1 fully saturated rings. The van der Waals surface area contributed by atoms with Crippen molar-refractivity contribution in [2.24, 2.45) is 11.1 Å². The summed E-state index contributed by atoms with van der Waals surface area (Å²) in [6.07, 6.45) is 4.27. The lowest BCUT2D eigenvalue weighted by molar-refractivity contribution is -0.137. The average Bonchev–Trinajstić information content (AvgIpc) is 3.40. The summed E-state index contributed by atoms with van der Waals surface area (Å²) in [7, 11) is 0. The van der Waals surface area contributed by atoms with Gasteiger partial charge in [0.2, 0.25) is 5.91 Å². The first-order valence-electron chi connectivity index (χ1n) is 10.1. The molecule has 0 spiro atoms. The summed E-state index contributed by atoms with van der Waals surface area (Å²) in [6, 6.07) is 14.1. The molecule has 0 bridgehead atoms. The number of rotatable bonds is 6. The van der Waals surface area contributed by atoms with Crippen LogP contribution in [0.3, 0.4) is 0 Å². The van der Waals surface area contributed by atoms with Crippen molar-refractivity contribution in [2.45, 2.75) is 44.8 Å². The Morgan fingerprint density at radius 1 is 1.17 bits per heavy atom. The van der Waals surface area contributed by atoms with Crippen LogP contribution in [0.25, 0.3) is 0 Å². The molecule has 1 amide bonds. The molecule has 0 aromatic heterocycles. The van der Waals surface area contributed by atoms with Gasteiger partial charge in [0.05, 0.1) is 12.3 Å². The first-order valence-corrected chi connectivity index (χ1v) is 10.5. The molecule has 1 saturated carbocycles. The molecule has 1 aliphatic carbocycles. The van der Waals surface area contributed by atoms with Gasteiger partial charge in [-0.15, -0.1) is 0 Å². The molecule has 1 atom stereocenters. The highest BCUT2D eigenvalue weighted by Gasteiger charge is 2.32. The van der Waals surface area contributed by atoms with Gasteiger partial charge < -0.3 is 9.74 Å². The van der Waals surface area contributed by atoms with Gasteiger partial charge in [-0.25, -0.2) is 4.39 Å². The second kappa shape index (κ2) is 8.95. The molecule has 2 aliphatic rings. The molecular formula is C23H24ClFN2O2. The molecule has 1 heterocycles. The topological polar surface area (TPSA) is 41.9 Å². The molecular weight excluding hydrogens is 391 g/mol. The van der Waals surface area contributed by atoms with E-state index >= 15 is 0 Å². The predicted octanol–water partition coefficient (Wildman–Crippen LogP) is 5.19. The van der Waals surface area contributed by atoms with Crippen LogP contribution in [0, 0.1) is 11.7 Å². The highest BCUT2D eigenvalue weighted by Crippen LogP contribution is 2.28. The molecule has 0 unspecified atom stereocenters. The third-order valence-electron chi connectivity index (χ3n) is 5.62. The van der Waals surface area contributed by atoms with Crippen LogP contribution >= 0.6 is 11.6 Å². The van der Waals surface area contributed by atoms with Gasteiger partial charge in [0.25, 0.3) is 0 Å². The molecule has 2 aromatic carbocycles. The van der Waals surface area contributed by atoms with Crippen LogP contribution < -0.4 is 0 Å². The van der Waals surface area contributed by atoms with E-state index in [1.54, 1.807) is 18.2 Å². The maximum atomic E-state index is 14.1. The maximum absolute atomic E-state index is 14.1. The first kappa shape index (κ1) is 19.9. The van der Waals surface area contributed by atoms with Crippen LogP contribution in [0.15, 0.2) is 53.7 Å². The summed E-state index contributed by atoms with van der Waals surface area (Å²) >= 11 is 6.13. The number of carbonyl (C=O) groups excluding carboxylic acids is 1. The summed E-state index contributed by atoms with van der Waals surface area (Å²) in [6.45, 7) is 0.897. The van der Waals surface area contributed by atoms with E-state index in [1.807, 2.05) is 29.2 Å². The van der Waals surface area contributed by atoms with E-state index in [4.69, 9.17) is 16.4 Å². The second-order valence-corrected chi connectivity index (χ2v) is 8.22. The lowest BCUT2D eigenvalue weighted by Crippen LogP contribution is -2.40. The third-order valence-corrected chi connectivity index (χ3v) is 5.86.